The first kappa shape index (κ1) is 20.0. The number of ether oxygens (including phenoxy) is 2. The van der Waals surface area contributed by atoms with E-state index in [9.17, 15) is 4.79 Å². The van der Waals surface area contributed by atoms with Gasteiger partial charge in [-0.25, -0.2) is 0 Å². The van der Waals surface area contributed by atoms with Crippen molar-refractivity contribution in [3.05, 3.63) is 76.8 Å². The number of anilines is 1. The van der Waals surface area contributed by atoms with Crippen molar-refractivity contribution in [1.82, 2.24) is 0 Å². The van der Waals surface area contributed by atoms with Gasteiger partial charge in [0.1, 0.15) is 0 Å². The quantitative estimate of drug-likeness (QED) is 0.497. The van der Waals surface area contributed by atoms with E-state index in [-0.39, 0.29) is 12.7 Å². The molecule has 5 rings (SSSR count). The van der Waals surface area contributed by atoms with E-state index in [1.54, 1.807) is 0 Å². The van der Waals surface area contributed by atoms with Crippen LogP contribution in [0.15, 0.2) is 60.7 Å². The van der Waals surface area contributed by atoms with E-state index in [1.165, 1.54) is 5.56 Å². The molecule has 1 saturated carbocycles. The Bertz CT molecular complexity index is 1170. The van der Waals surface area contributed by atoms with Gasteiger partial charge in [-0.1, -0.05) is 55.8 Å². The summed E-state index contributed by atoms with van der Waals surface area (Å²) in [6.45, 7) is 4.56. The second-order valence-electron chi connectivity index (χ2n) is 8.58. The minimum Gasteiger partial charge on any atom is -0.454 e. The summed E-state index contributed by atoms with van der Waals surface area (Å²) in [7, 11) is 0. The Balaban J connectivity index is 1.41. The SMILES string of the molecule is CC(C)c1cccc(-c2cc(NC(=O)C3(c4ccc5c(c4)OCO5)CC3)ccc2Cl)c1. The van der Waals surface area contributed by atoms with Crippen LogP contribution in [0.4, 0.5) is 5.69 Å². The summed E-state index contributed by atoms with van der Waals surface area (Å²) < 4.78 is 10.9. The highest BCUT2D eigenvalue weighted by Crippen LogP contribution is 2.51. The molecule has 0 atom stereocenters. The van der Waals surface area contributed by atoms with Crippen LogP contribution in [0, 0.1) is 0 Å². The van der Waals surface area contributed by atoms with Crippen molar-refractivity contribution in [3.63, 3.8) is 0 Å². The van der Waals surface area contributed by atoms with Crippen molar-refractivity contribution >= 4 is 23.2 Å². The van der Waals surface area contributed by atoms with E-state index in [0.717, 1.165) is 41.0 Å². The van der Waals surface area contributed by atoms with Crippen molar-refractivity contribution in [2.45, 2.75) is 38.0 Å². The van der Waals surface area contributed by atoms with Crippen LogP contribution in [-0.2, 0) is 10.2 Å². The fraction of sp³-hybridized carbons (Fsp3) is 0.269. The topological polar surface area (TPSA) is 47.6 Å². The molecule has 3 aromatic carbocycles. The molecule has 2 aliphatic rings. The molecule has 1 aliphatic carbocycles. The van der Waals surface area contributed by atoms with Crippen molar-refractivity contribution in [2.24, 2.45) is 0 Å². The number of amides is 1. The van der Waals surface area contributed by atoms with Gasteiger partial charge in [0.25, 0.3) is 0 Å². The monoisotopic (exact) mass is 433 g/mol. The van der Waals surface area contributed by atoms with Crippen LogP contribution in [0.1, 0.15) is 43.7 Å². The van der Waals surface area contributed by atoms with Gasteiger partial charge in [0.15, 0.2) is 11.5 Å². The predicted octanol–water partition coefficient (Wildman–Crippen LogP) is 6.53. The molecule has 1 fully saturated rings. The van der Waals surface area contributed by atoms with Crippen LogP contribution in [0.3, 0.4) is 0 Å². The Morgan fingerprint density at radius 3 is 2.58 bits per heavy atom. The fourth-order valence-electron chi connectivity index (χ4n) is 4.11. The molecule has 0 aromatic heterocycles. The van der Waals surface area contributed by atoms with E-state index in [2.05, 4.69) is 31.3 Å². The zero-order chi connectivity index (χ0) is 21.6. The van der Waals surface area contributed by atoms with Crippen LogP contribution in [0.5, 0.6) is 11.5 Å². The third-order valence-electron chi connectivity index (χ3n) is 6.20. The van der Waals surface area contributed by atoms with Crippen LogP contribution in [-0.4, -0.2) is 12.7 Å². The number of rotatable bonds is 5. The highest BCUT2D eigenvalue weighted by Gasteiger charge is 2.51. The summed E-state index contributed by atoms with van der Waals surface area (Å²) in [5, 5.41) is 3.78. The fourth-order valence-corrected chi connectivity index (χ4v) is 4.33. The zero-order valence-corrected chi connectivity index (χ0v) is 18.3. The summed E-state index contributed by atoms with van der Waals surface area (Å²) in [5.41, 5.74) is 4.40. The lowest BCUT2D eigenvalue weighted by molar-refractivity contribution is -0.118. The minimum absolute atomic E-state index is 0.00410. The van der Waals surface area contributed by atoms with Gasteiger partial charge in [0.05, 0.1) is 5.41 Å². The maximum absolute atomic E-state index is 13.3. The molecule has 3 aromatic rings. The Morgan fingerprint density at radius 1 is 1.00 bits per heavy atom. The molecule has 5 heteroatoms. The van der Waals surface area contributed by atoms with Crippen molar-refractivity contribution < 1.29 is 14.3 Å². The summed E-state index contributed by atoms with van der Waals surface area (Å²) in [6.07, 6.45) is 1.63. The standard InChI is InChI=1S/C26H24ClNO3/c1-16(2)17-4-3-5-18(12-17)21-14-20(7-8-22(21)27)28-25(29)26(10-11-26)19-6-9-23-24(13-19)31-15-30-23/h3-9,12-14,16H,10-11,15H2,1-2H3,(H,28,29). The van der Waals surface area contributed by atoms with Crippen molar-refractivity contribution in [1.29, 1.82) is 0 Å². The van der Waals surface area contributed by atoms with Gasteiger partial charge in [-0.05, 0) is 65.8 Å². The van der Waals surface area contributed by atoms with Gasteiger partial charge in [-0.3, -0.25) is 4.79 Å². The Morgan fingerprint density at radius 2 is 1.81 bits per heavy atom. The maximum atomic E-state index is 13.3. The molecular formula is C26H24ClNO3. The highest BCUT2D eigenvalue weighted by molar-refractivity contribution is 6.33. The number of hydrogen-bond acceptors (Lipinski definition) is 3. The summed E-state index contributed by atoms with van der Waals surface area (Å²) in [4.78, 5) is 13.3. The molecule has 158 valence electrons. The minimum atomic E-state index is -0.516. The normalized spacial score (nSPS) is 15.7. The van der Waals surface area contributed by atoms with Crippen molar-refractivity contribution in [3.8, 4) is 22.6 Å². The lowest BCUT2D eigenvalue weighted by Gasteiger charge is -2.17. The smallest absolute Gasteiger partial charge is 0.235 e. The van der Waals surface area contributed by atoms with Gasteiger partial charge in [0.2, 0.25) is 12.7 Å². The van der Waals surface area contributed by atoms with Crippen LogP contribution < -0.4 is 14.8 Å². The predicted molar refractivity (Wildman–Crippen MR) is 123 cm³/mol. The van der Waals surface area contributed by atoms with E-state index < -0.39 is 5.41 Å². The molecule has 31 heavy (non-hydrogen) atoms. The van der Waals surface area contributed by atoms with Crippen LogP contribution in [0.2, 0.25) is 5.02 Å². The molecule has 4 nitrogen and oxygen atoms in total. The summed E-state index contributed by atoms with van der Waals surface area (Å²) in [5.74, 6) is 1.86. The number of benzene rings is 3. The Kier molecular flexibility index (Phi) is 4.90. The molecular weight excluding hydrogens is 410 g/mol. The van der Waals surface area contributed by atoms with Crippen molar-refractivity contribution in [2.75, 3.05) is 12.1 Å². The number of halogens is 1. The highest BCUT2D eigenvalue weighted by atomic mass is 35.5. The van der Waals surface area contributed by atoms with Gasteiger partial charge >= 0.3 is 0 Å². The number of carbonyl (C=O) groups excluding carboxylic acids is 1. The number of carbonyl (C=O) groups is 1. The largest absolute Gasteiger partial charge is 0.454 e. The van der Waals surface area contributed by atoms with E-state index in [1.807, 2.05) is 48.5 Å². The lowest BCUT2D eigenvalue weighted by Crippen LogP contribution is -2.27. The van der Waals surface area contributed by atoms with Gasteiger partial charge in [0, 0.05) is 16.3 Å². The van der Waals surface area contributed by atoms with E-state index in [0.29, 0.717) is 16.7 Å². The first-order valence-corrected chi connectivity index (χ1v) is 11.0. The van der Waals surface area contributed by atoms with Gasteiger partial charge in [-0.2, -0.15) is 0 Å². The number of hydrogen-bond donors (Lipinski definition) is 1. The second kappa shape index (κ2) is 7.61. The van der Waals surface area contributed by atoms with E-state index >= 15 is 0 Å². The Labute approximate surface area is 187 Å². The average Bonchev–Trinajstić information content (AvgIpc) is 3.46. The van der Waals surface area contributed by atoms with Crippen LogP contribution >= 0.6 is 11.6 Å². The first-order valence-electron chi connectivity index (χ1n) is 10.6. The third-order valence-corrected chi connectivity index (χ3v) is 6.53. The summed E-state index contributed by atoms with van der Waals surface area (Å²) in [6, 6.07) is 19.8. The lowest BCUT2D eigenvalue weighted by atomic mass is 9.94. The summed E-state index contributed by atoms with van der Waals surface area (Å²) >= 11 is 6.51. The zero-order valence-electron chi connectivity index (χ0n) is 17.6. The maximum Gasteiger partial charge on any atom is 0.235 e. The second-order valence-corrected chi connectivity index (χ2v) is 8.99. The molecule has 1 N–H and O–H groups in total. The molecule has 1 amide bonds. The number of nitrogens with one attached hydrogen (secondary N) is 1. The first-order chi connectivity index (χ1) is 15.0. The Hall–Kier alpha value is -2.98. The third kappa shape index (κ3) is 3.66. The molecule has 1 heterocycles. The molecule has 0 unspecified atom stereocenters. The molecule has 1 aliphatic heterocycles. The molecule has 0 saturated heterocycles. The molecule has 0 spiro atoms. The molecule has 0 bridgehead atoms. The van der Waals surface area contributed by atoms with Crippen LogP contribution in [0.25, 0.3) is 11.1 Å². The number of fused-ring (bicyclic) bond motifs is 1. The van der Waals surface area contributed by atoms with E-state index in [4.69, 9.17) is 21.1 Å². The van der Waals surface area contributed by atoms with Gasteiger partial charge < -0.3 is 14.8 Å². The average molecular weight is 434 g/mol. The molecule has 0 radical (unpaired) electrons. The van der Waals surface area contributed by atoms with Gasteiger partial charge in [-0.15, -0.1) is 0 Å².